The Labute approximate surface area is 766 Å². The number of carbonyl (C=O) groups excluding carboxylic acids is 13. The minimum absolute atomic E-state index is 0.0279. The maximum atomic E-state index is 10.4. The molecule has 0 atom stereocenters. The van der Waals surface area contributed by atoms with E-state index in [1.807, 2.05) is 13.8 Å². The molecule has 0 aliphatic carbocycles. The van der Waals surface area contributed by atoms with Gasteiger partial charge < -0.3 is 126 Å². The molecule has 0 aliphatic heterocycles. The molecule has 13 aromatic rings. The molecule has 21 N–H and O–H groups in total. The van der Waals surface area contributed by atoms with Gasteiger partial charge in [-0.25, -0.2) is 0 Å². The minimum atomic E-state index is -0.672. The van der Waals surface area contributed by atoms with Crippen LogP contribution in [0, 0.1) is 0 Å². The maximum absolute atomic E-state index is 10.4. The van der Waals surface area contributed by atoms with Crippen LogP contribution in [0.4, 0.5) is 0 Å². The van der Waals surface area contributed by atoms with Gasteiger partial charge in [0.2, 0.25) is 5.75 Å². The van der Waals surface area contributed by atoms with E-state index in [1.165, 1.54) is 166 Å². The van der Waals surface area contributed by atoms with Crippen LogP contribution in [0.25, 0.3) is 0 Å². The summed E-state index contributed by atoms with van der Waals surface area (Å²) in [5.74, 6) is -2.90. The van der Waals surface area contributed by atoms with Crippen LogP contribution in [0.15, 0.2) is 243 Å². The Morgan fingerprint density at radius 1 is 0.185 bits per heavy atom. The fourth-order valence-corrected chi connectivity index (χ4v) is 8.97. The van der Waals surface area contributed by atoms with Crippen LogP contribution in [0.2, 0.25) is 0 Å². The third-order valence-electron chi connectivity index (χ3n) is 15.8. The van der Waals surface area contributed by atoms with Crippen molar-refractivity contribution in [3.05, 3.63) is 315 Å². The van der Waals surface area contributed by atoms with E-state index in [9.17, 15) is 77.6 Å². The summed E-state index contributed by atoms with van der Waals surface area (Å²) >= 11 is 0. The van der Waals surface area contributed by atoms with Crippen LogP contribution in [0.1, 0.15) is 149 Å². The van der Waals surface area contributed by atoms with Crippen molar-refractivity contribution in [1.82, 2.24) is 0 Å². The molecule has 0 saturated carbocycles. The number of carbonyl (C=O) groups is 13. The van der Waals surface area contributed by atoms with Gasteiger partial charge in [-0.15, -0.1) is 0 Å². The van der Waals surface area contributed by atoms with E-state index >= 15 is 0 Å². The summed E-state index contributed by atoms with van der Waals surface area (Å²) in [6, 6.07) is 57.0. The van der Waals surface area contributed by atoms with Crippen molar-refractivity contribution in [3.8, 4) is 144 Å². The molecule has 0 amide bonds. The lowest BCUT2D eigenvalue weighted by Crippen LogP contribution is -1.93. The van der Waals surface area contributed by atoms with Crippen LogP contribution in [-0.4, -0.2) is 216 Å². The molecule has 13 aromatic carbocycles. The van der Waals surface area contributed by atoms with Crippen LogP contribution in [-0.2, 0) is 0 Å². The highest BCUT2D eigenvalue weighted by molar-refractivity contribution is 5.86. The van der Waals surface area contributed by atoms with E-state index in [4.69, 9.17) is 111 Å². The predicted molar refractivity (Wildman–Crippen MR) is 484 cm³/mol. The summed E-state index contributed by atoms with van der Waals surface area (Å²) in [5.41, 5.74) is 3.48. The molecule has 38 nitrogen and oxygen atoms in total. The normalized spacial score (nSPS) is 9.21. The SMILES string of the molecule is CCOc1cc(C=O)ccc1O.CCOc1cccc(C=O)c1O.COc1cc(C=O)ccc1O.COc1cccc(C=O)c1O.O=Cc1cc(O)c(O)cc1O.O=Cc1cc(O)ccc1O.O=Cc1ccc(O)c(O)c1.O=Cc1ccc(O)c(O)c1O.O=Cc1ccc(O)cc1.O=Cc1ccc(O)cc1O.O=Cc1cccc(O)c1.O=Cc1cccc(O)c1O.O=Cc1ccccc1O. The molecule has 0 heterocycles. The summed E-state index contributed by atoms with van der Waals surface area (Å²) in [4.78, 5) is 132. The summed E-state index contributed by atoms with van der Waals surface area (Å²) in [6.45, 7) is 4.56. The van der Waals surface area contributed by atoms with E-state index < -0.39 is 28.7 Å². The van der Waals surface area contributed by atoms with Crippen molar-refractivity contribution in [1.29, 1.82) is 0 Å². The van der Waals surface area contributed by atoms with E-state index in [1.54, 1.807) is 66.7 Å². The van der Waals surface area contributed by atoms with Gasteiger partial charge in [0.05, 0.1) is 71.9 Å². The van der Waals surface area contributed by atoms with Crippen molar-refractivity contribution < 1.29 is 189 Å². The number of phenolic OH excluding ortho intramolecular Hbond substituents is 21. The smallest absolute Gasteiger partial charge is 0.201 e. The van der Waals surface area contributed by atoms with Gasteiger partial charge in [0.25, 0.3) is 0 Å². The standard InChI is InChI=1S/2C9H10O3.2C8H8O3.2C7H6O4.4C7H6O3.3C7H6O2/c1-2-12-9-5-7(6-10)3-4-8(9)11;1-2-12-8-5-3-4-7(6-10)9(8)11;1-11-8-4-6(5-9)2-3-7(8)10;1-11-7-4-2-3-6(5-9)8(7)10;8-3-4-1-6(10)7(11)2-5(4)9;8-3-4-1-2-5(9)7(11)6(4)10;8-4-5-3-6(9)1-2-7(5)10;8-4-5-1-2-6(9)3-7(5)10;8-4-5-1-2-6(9)7(10)3-5;8-4-5-2-1-3-6(9)7(5)10;8-5-6-1-3-7(9)4-2-6;8-5-6-2-1-3-7(9)4-6;8-5-6-3-1-2-4-7(6)9/h2*3-6,11H,2H2,1H3;2*2-5,10H,1H3;2*1-3,9-11H;4*1-4,9-10H;3*1-5,9H. The molecule has 706 valence electrons. The number of benzene rings is 13. The van der Waals surface area contributed by atoms with Gasteiger partial charge in [0.1, 0.15) is 77.4 Å². The van der Waals surface area contributed by atoms with Crippen LogP contribution >= 0.6 is 0 Å². The second kappa shape index (κ2) is 62.7. The average Bonchev–Trinajstić information content (AvgIpc) is 0.838. The third kappa shape index (κ3) is 41.3. The van der Waals surface area contributed by atoms with Gasteiger partial charge in [-0.05, 0) is 202 Å². The first kappa shape index (κ1) is 114. The Kier molecular flexibility index (Phi) is 52.7. The molecule has 0 aromatic heterocycles. The second-order valence-corrected chi connectivity index (χ2v) is 25.1. The molecule has 135 heavy (non-hydrogen) atoms. The van der Waals surface area contributed by atoms with Crippen LogP contribution in [0.3, 0.4) is 0 Å². The lowest BCUT2D eigenvalue weighted by atomic mass is 10.2. The molecule has 13 rings (SSSR count). The number of rotatable bonds is 19. The molecule has 38 heteroatoms. The Morgan fingerprint density at radius 3 is 0.970 bits per heavy atom. The second-order valence-electron chi connectivity index (χ2n) is 25.1. The summed E-state index contributed by atoms with van der Waals surface area (Å²) in [5, 5.41) is 187. The number of aldehydes is 13. The average molecular weight is 1860 g/mol. The van der Waals surface area contributed by atoms with Crippen molar-refractivity contribution in [2.75, 3.05) is 27.4 Å². The molecule has 0 fully saturated rings. The van der Waals surface area contributed by atoms with Crippen molar-refractivity contribution in [3.63, 3.8) is 0 Å². The third-order valence-corrected chi connectivity index (χ3v) is 15.8. The lowest BCUT2D eigenvalue weighted by molar-refractivity contribution is 0.111. The molecule has 0 unspecified atom stereocenters. The maximum Gasteiger partial charge on any atom is 0.201 e. The van der Waals surface area contributed by atoms with Crippen LogP contribution in [0.5, 0.6) is 144 Å². The van der Waals surface area contributed by atoms with Gasteiger partial charge in [-0.1, -0.05) is 42.5 Å². The molecule has 0 spiro atoms. The molecular formula is C97H90O38. The Balaban J connectivity index is 0.000000732. The zero-order valence-corrected chi connectivity index (χ0v) is 71.3. The molecular weight excluding hydrogens is 1770 g/mol. The molecule has 0 aliphatic rings. The van der Waals surface area contributed by atoms with E-state index in [2.05, 4.69) is 0 Å². The van der Waals surface area contributed by atoms with E-state index in [0.29, 0.717) is 145 Å². The zero-order chi connectivity index (χ0) is 102. The fraction of sp³-hybridized carbons (Fsp3) is 0.0619. The predicted octanol–water partition coefficient (Wildman–Crippen LogP) is 14.1. The minimum Gasteiger partial charge on any atom is -0.508 e. The number of aromatic hydroxyl groups is 21. The Morgan fingerprint density at radius 2 is 0.511 bits per heavy atom. The summed E-state index contributed by atoms with van der Waals surface area (Å²) in [7, 11) is 2.87. The topological polar surface area (TPSA) is 684 Å². The van der Waals surface area contributed by atoms with Gasteiger partial charge >= 0.3 is 0 Å². The first-order valence-corrected chi connectivity index (χ1v) is 37.8. The number of ether oxygens (including phenoxy) is 4. The number of phenols is 21. The zero-order valence-electron chi connectivity index (χ0n) is 71.3. The van der Waals surface area contributed by atoms with Gasteiger partial charge in [-0.3, -0.25) is 62.3 Å². The Hall–Kier alpha value is -19.4. The first-order chi connectivity index (χ1) is 64.4. The highest BCUT2D eigenvalue weighted by Gasteiger charge is 2.12. The van der Waals surface area contributed by atoms with Crippen LogP contribution < -0.4 is 18.9 Å². The van der Waals surface area contributed by atoms with Gasteiger partial charge in [0, 0.05) is 39.9 Å². The quantitative estimate of drug-likeness (QED) is 0.0203. The van der Waals surface area contributed by atoms with E-state index in [-0.39, 0.29) is 131 Å². The monoisotopic (exact) mass is 1860 g/mol. The van der Waals surface area contributed by atoms with Crippen molar-refractivity contribution in [2.24, 2.45) is 0 Å². The number of para-hydroxylation sites is 4. The molecule has 0 saturated heterocycles. The lowest BCUT2D eigenvalue weighted by Gasteiger charge is -2.05. The summed E-state index contributed by atoms with van der Waals surface area (Å²) < 4.78 is 19.7. The van der Waals surface area contributed by atoms with Gasteiger partial charge in [-0.2, -0.15) is 0 Å². The number of hydrogen-bond acceptors (Lipinski definition) is 38. The number of methoxy groups -OCH3 is 2. The van der Waals surface area contributed by atoms with Gasteiger partial charge in [0.15, 0.2) is 142 Å². The largest absolute Gasteiger partial charge is 0.508 e. The highest BCUT2D eigenvalue weighted by Crippen LogP contribution is 2.37. The Bertz CT molecular complexity index is 6010. The number of hydrogen-bond donors (Lipinski definition) is 21. The highest BCUT2D eigenvalue weighted by atomic mass is 16.5. The first-order valence-electron chi connectivity index (χ1n) is 37.8. The fourth-order valence-electron chi connectivity index (χ4n) is 8.97. The summed E-state index contributed by atoms with van der Waals surface area (Å²) in [6.07, 6.45) is 7.48. The van der Waals surface area contributed by atoms with Crippen molar-refractivity contribution >= 4 is 81.7 Å². The van der Waals surface area contributed by atoms with E-state index in [0.717, 1.165) is 30.6 Å². The molecule has 0 radical (unpaired) electrons. The molecule has 0 bridgehead atoms. The van der Waals surface area contributed by atoms with Crippen molar-refractivity contribution in [2.45, 2.75) is 13.8 Å².